The van der Waals surface area contributed by atoms with Gasteiger partial charge >= 0.3 is 0 Å². The van der Waals surface area contributed by atoms with E-state index in [0.29, 0.717) is 5.88 Å². The fraction of sp³-hybridized carbons (Fsp3) is 0.118. The predicted molar refractivity (Wildman–Crippen MR) is 81.9 cm³/mol. The zero-order valence-electron chi connectivity index (χ0n) is 11.3. The van der Waals surface area contributed by atoms with E-state index in [2.05, 4.69) is 10.3 Å². The molecule has 2 aromatic carbocycles. The molecule has 100 valence electrons. The Bertz CT molecular complexity index is 697. The Morgan fingerprint density at radius 1 is 0.900 bits per heavy atom. The Morgan fingerprint density at radius 3 is 2.50 bits per heavy atom. The molecule has 3 rings (SSSR count). The number of para-hydroxylation sites is 2. The van der Waals surface area contributed by atoms with Gasteiger partial charge in [-0.2, -0.15) is 0 Å². The molecule has 0 aliphatic carbocycles. The van der Waals surface area contributed by atoms with Gasteiger partial charge in [0.1, 0.15) is 0 Å². The molecule has 0 fully saturated rings. The molecule has 0 spiro atoms. The van der Waals surface area contributed by atoms with E-state index in [4.69, 9.17) is 4.74 Å². The minimum atomic E-state index is -0.147. The number of aromatic nitrogens is 1. The fourth-order valence-corrected chi connectivity index (χ4v) is 2.09. The molecule has 1 atom stereocenters. The molecule has 0 amide bonds. The maximum absolute atomic E-state index is 5.80. The second-order valence-corrected chi connectivity index (χ2v) is 4.61. The van der Waals surface area contributed by atoms with E-state index >= 15 is 0 Å². The van der Waals surface area contributed by atoms with Crippen molar-refractivity contribution in [2.75, 3.05) is 5.32 Å². The molecule has 0 radical (unpaired) electrons. The summed E-state index contributed by atoms with van der Waals surface area (Å²) >= 11 is 0. The lowest BCUT2D eigenvalue weighted by Gasteiger charge is -2.16. The van der Waals surface area contributed by atoms with Gasteiger partial charge in [-0.05, 0) is 31.2 Å². The summed E-state index contributed by atoms with van der Waals surface area (Å²) in [5.74, 6) is 0.625. The van der Waals surface area contributed by atoms with E-state index in [0.717, 1.165) is 16.6 Å². The van der Waals surface area contributed by atoms with E-state index in [-0.39, 0.29) is 6.23 Å². The number of ether oxygens (including phenoxy) is 1. The molecule has 3 aromatic rings. The number of nitrogens with one attached hydrogen (secondary N) is 1. The van der Waals surface area contributed by atoms with Crippen LogP contribution in [0.25, 0.3) is 10.9 Å². The first-order valence-electron chi connectivity index (χ1n) is 6.65. The van der Waals surface area contributed by atoms with Gasteiger partial charge in [-0.3, -0.25) is 0 Å². The van der Waals surface area contributed by atoms with Crippen LogP contribution >= 0.6 is 0 Å². The Hall–Kier alpha value is -2.55. The molecule has 3 heteroatoms. The SMILES string of the molecule is CC(Nc1ccccc1)Oc1ccc2ccccc2n1. The van der Waals surface area contributed by atoms with Crippen LogP contribution in [0.15, 0.2) is 66.7 Å². The number of rotatable bonds is 4. The van der Waals surface area contributed by atoms with E-state index in [1.807, 2.05) is 73.7 Å². The highest BCUT2D eigenvalue weighted by Crippen LogP contribution is 2.17. The molecule has 1 aromatic heterocycles. The normalized spacial score (nSPS) is 12.1. The van der Waals surface area contributed by atoms with Crippen LogP contribution < -0.4 is 10.1 Å². The summed E-state index contributed by atoms with van der Waals surface area (Å²) in [7, 11) is 0. The summed E-state index contributed by atoms with van der Waals surface area (Å²) in [5, 5.41) is 4.39. The predicted octanol–water partition coefficient (Wildman–Crippen LogP) is 4.07. The molecule has 3 nitrogen and oxygen atoms in total. The van der Waals surface area contributed by atoms with Crippen molar-refractivity contribution in [1.82, 2.24) is 4.98 Å². The van der Waals surface area contributed by atoms with E-state index in [1.54, 1.807) is 0 Å². The standard InChI is InChI=1S/C17H16N2O/c1-13(18-15-8-3-2-4-9-15)20-17-12-11-14-7-5-6-10-16(14)19-17/h2-13,18H,1H3. The number of nitrogens with zero attached hydrogens (tertiary/aromatic N) is 1. The highest BCUT2D eigenvalue weighted by molar-refractivity contribution is 5.78. The zero-order chi connectivity index (χ0) is 13.8. The van der Waals surface area contributed by atoms with Crippen LogP contribution in [0.1, 0.15) is 6.92 Å². The summed E-state index contributed by atoms with van der Waals surface area (Å²) in [6, 6.07) is 21.9. The van der Waals surface area contributed by atoms with Crippen molar-refractivity contribution in [3.05, 3.63) is 66.7 Å². The van der Waals surface area contributed by atoms with Crippen LogP contribution in [-0.2, 0) is 0 Å². The van der Waals surface area contributed by atoms with Crippen LogP contribution in [0.3, 0.4) is 0 Å². The Balaban J connectivity index is 1.72. The molecular weight excluding hydrogens is 248 g/mol. The smallest absolute Gasteiger partial charge is 0.215 e. The van der Waals surface area contributed by atoms with Gasteiger partial charge in [0.05, 0.1) is 5.52 Å². The third kappa shape index (κ3) is 2.88. The van der Waals surface area contributed by atoms with Gasteiger partial charge in [0.15, 0.2) is 6.23 Å². The van der Waals surface area contributed by atoms with Crippen LogP contribution in [0.4, 0.5) is 5.69 Å². The average Bonchev–Trinajstić information content (AvgIpc) is 2.48. The number of anilines is 1. The van der Waals surface area contributed by atoms with Gasteiger partial charge in [0, 0.05) is 17.1 Å². The van der Waals surface area contributed by atoms with Gasteiger partial charge in [0.2, 0.25) is 5.88 Å². The first kappa shape index (κ1) is 12.5. The molecule has 1 unspecified atom stereocenters. The van der Waals surface area contributed by atoms with Crippen molar-refractivity contribution in [1.29, 1.82) is 0 Å². The molecule has 20 heavy (non-hydrogen) atoms. The topological polar surface area (TPSA) is 34.1 Å². The number of hydrogen-bond donors (Lipinski definition) is 1. The first-order chi connectivity index (χ1) is 9.81. The lowest BCUT2D eigenvalue weighted by Crippen LogP contribution is -2.22. The van der Waals surface area contributed by atoms with E-state index in [9.17, 15) is 0 Å². The molecule has 1 heterocycles. The monoisotopic (exact) mass is 264 g/mol. The number of pyridine rings is 1. The maximum Gasteiger partial charge on any atom is 0.215 e. The van der Waals surface area contributed by atoms with E-state index in [1.165, 1.54) is 0 Å². The van der Waals surface area contributed by atoms with Gasteiger partial charge in [-0.15, -0.1) is 0 Å². The highest BCUT2D eigenvalue weighted by atomic mass is 16.5. The summed E-state index contributed by atoms with van der Waals surface area (Å²) in [6.45, 7) is 1.96. The number of hydrogen-bond acceptors (Lipinski definition) is 3. The third-order valence-electron chi connectivity index (χ3n) is 3.01. The second kappa shape index (κ2) is 5.61. The molecule has 0 aliphatic heterocycles. The fourth-order valence-electron chi connectivity index (χ4n) is 2.09. The van der Waals surface area contributed by atoms with Crippen LogP contribution in [0.5, 0.6) is 5.88 Å². The third-order valence-corrected chi connectivity index (χ3v) is 3.01. The highest BCUT2D eigenvalue weighted by Gasteiger charge is 2.05. The molecule has 0 aliphatic rings. The summed E-state index contributed by atoms with van der Waals surface area (Å²) in [4.78, 5) is 4.49. The Kier molecular flexibility index (Phi) is 3.50. The van der Waals surface area contributed by atoms with Gasteiger partial charge in [-0.25, -0.2) is 4.98 Å². The van der Waals surface area contributed by atoms with Gasteiger partial charge in [-0.1, -0.05) is 36.4 Å². The zero-order valence-corrected chi connectivity index (χ0v) is 11.3. The number of benzene rings is 2. The second-order valence-electron chi connectivity index (χ2n) is 4.61. The van der Waals surface area contributed by atoms with Crippen molar-refractivity contribution in [2.24, 2.45) is 0 Å². The molecule has 1 N–H and O–H groups in total. The van der Waals surface area contributed by atoms with Gasteiger partial charge < -0.3 is 10.1 Å². The Morgan fingerprint density at radius 2 is 1.65 bits per heavy atom. The lowest BCUT2D eigenvalue weighted by molar-refractivity contribution is 0.241. The lowest BCUT2D eigenvalue weighted by atomic mass is 10.2. The largest absolute Gasteiger partial charge is 0.454 e. The van der Waals surface area contributed by atoms with Crippen molar-refractivity contribution in [2.45, 2.75) is 13.2 Å². The minimum Gasteiger partial charge on any atom is -0.454 e. The maximum atomic E-state index is 5.80. The molecular formula is C17H16N2O. The molecule has 0 bridgehead atoms. The van der Waals surface area contributed by atoms with Crippen LogP contribution in [0.2, 0.25) is 0 Å². The summed E-state index contributed by atoms with van der Waals surface area (Å²) < 4.78 is 5.80. The quantitative estimate of drug-likeness (QED) is 0.721. The van der Waals surface area contributed by atoms with Crippen molar-refractivity contribution in [3.8, 4) is 5.88 Å². The summed E-state index contributed by atoms with van der Waals surface area (Å²) in [6.07, 6.45) is -0.147. The minimum absolute atomic E-state index is 0.147. The van der Waals surface area contributed by atoms with Crippen molar-refractivity contribution < 1.29 is 4.74 Å². The van der Waals surface area contributed by atoms with Crippen LogP contribution in [-0.4, -0.2) is 11.2 Å². The van der Waals surface area contributed by atoms with Crippen LogP contribution in [0, 0.1) is 0 Å². The first-order valence-corrected chi connectivity index (χ1v) is 6.65. The average molecular weight is 264 g/mol. The molecule has 0 saturated heterocycles. The van der Waals surface area contributed by atoms with Crippen molar-refractivity contribution >= 4 is 16.6 Å². The van der Waals surface area contributed by atoms with E-state index < -0.39 is 0 Å². The molecule has 0 saturated carbocycles. The Labute approximate surface area is 118 Å². The van der Waals surface area contributed by atoms with Crippen molar-refractivity contribution in [3.63, 3.8) is 0 Å². The van der Waals surface area contributed by atoms with Gasteiger partial charge in [0.25, 0.3) is 0 Å². The number of fused-ring (bicyclic) bond motifs is 1. The summed E-state index contributed by atoms with van der Waals surface area (Å²) in [5.41, 5.74) is 1.97.